The number of nitrogens with zero attached hydrogens (tertiary/aromatic N) is 2. The lowest BCUT2D eigenvalue weighted by Crippen LogP contribution is -2.43. The van der Waals surface area contributed by atoms with Gasteiger partial charge in [-0.05, 0) is 12.8 Å². The van der Waals surface area contributed by atoms with Crippen LogP contribution in [0.1, 0.15) is 12.8 Å². The minimum absolute atomic E-state index is 0.437. The highest BCUT2D eigenvalue weighted by Gasteiger charge is 2.37. The summed E-state index contributed by atoms with van der Waals surface area (Å²) in [4.78, 5) is 4.44. The Kier molecular flexibility index (Phi) is 5.45. The van der Waals surface area contributed by atoms with E-state index in [4.69, 9.17) is 13.3 Å². The fourth-order valence-corrected chi connectivity index (χ4v) is 3.91. The van der Waals surface area contributed by atoms with E-state index in [1.807, 2.05) is 0 Å². The zero-order valence-corrected chi connectivity index (χ0v) is 12.5. The molecule has 1 aliphatic rings. The van der Waals surface area contributed by atoms with E-state index in [2.05, 4.69) is 36.3 Å². The van der Waals surface area contributed by atoms with Gasteiger partial charge in [0.05, 0.1) is 0 Å². The van der Waals surface area contributed by atoms with Gasteiger partial charge in [0.1, 0.15) is 6.17 Å². The van der Waals surface area contributed by atoms with Gasteiger partial charge >= 0.3 is 8.80 Å². The average molecular weight is 260 g/mol. The van der Waals surface area contributed by atoms with Crippen LogP contribution in [-0.4, -0.2) is 60.2 Å². The Balaban J connectivity index is 2.36. The van der Waals surface area contributed by atoms with Gasteiger partial charge < -0.3 is 23.1 Å². The van der Waals surface area contributed by atoms with E-state index < -0.39 is 8.80 Å². The topological polar surface area (TPSA) is 34.2 Å². The molecule has 100 valence electrons. The molecule has 5 nitrogen and oxygen atoms in total. The zero-order valence-electron chi connectivity index (χ0n) is 11.5. The van der Waals surface area contributed by atoms with Gasteiger partial charge in [0.2, 0.25) is 0 Å². The van der Waals surface area contributed by atoms with Crippen molar-refractivity contribution in [1.29, 1.82) is 0 Å². The molecule has 1 heterocycles. The maximum Gasteiger partial charge on any atom is 0.500 e. The minimum Gasteiger partial charge on any atom is -0.377 e. The zero-order chi connectivity index (χ0) is 12.9. The summed E-state index contributed by atoms with van der Waals surface area (Å²) in [6.07, 6.45) is 6.73. The van der Waals surface area contributed by atoms with Gasteiger partial charge in [-0.2, -0.15) is 0 Å². The maximum absolute atomic E-state index is 5.41. The van der Waals surface area contributed by atoms with Gasteiger partial charge in [0.25, 0.3) is 0 Å². The summed E-state index contributed by atoms with van der Waals surface area (Å²) in [5.74, 6) is 0. The van der Waals surface area contributed by atoms with Crippen molar-refractivity contribution < 1.29 is 13.3 Å². The number of hydrogen-bond acceptors (Lipinski definition) is 5. The molecule has 0 bridgehead atoms. The second-order valence-electron chi connectivity index (χ2n) is 4.30. The smallest absolute Gasteiger partial charge is 0.377 e. The molecule has 0 aromatic heterocycles. The largest absolute Gasteiger partial charge is 0.500 e. The summed E-state index contributed by atoms with van der Waals surface area (Å²) in [6.45, 7) is 0. The predicted molar refractivity (Wildman–Crippen MR) is 69.3 cm³/mol. The average Bonchev–Trinajstić information content (AvgIpc) is 2.66. The molecule has 1 aliphatic heterocycles. The van der Waals surface area contributed by atoms with Crippen LogP contribution >= 0.6 is 0 Å². The molecule has 6 heteroatoms. The fraction of sp³-hybridized carbons (Fsp3) is 0.818. The van der Waals surface area contributed by atoms with E-state index in [9.17, 15) is 0 Å². The third-order valence-electron chi connectivity index (χ3n) is 3.36. The summed E-state index contributed by atoms with van der Waals surface area (Å²) in [6, 6.07) is 0.856. The van der Waals surface area contributed by atoms with Crippen LogP contribution in [0, 0.1) is 0 Å². The monoisotopic (exact) mass is 260 g/mol. The second kappa shape index (κ2) is 6.39. The molecule has 0 fully saturated rings. The molecule has 0 spiro atoms. The third kappa shape index (κ3) is 3.45. The Morgan fingerprint density at radius 2 is 1.47 bits per heavy atom. The van der Waals surface area contributed by atoms with Crippen molar-refractivity contribution in [2.45, 2.75) is 25.1 Å². The van der Waals surface area contributed by atoms with Crippen LogP contribution in [0.5, 0.6) is 0 Å². The van der Waals surface area contributed by atoms with E-state index in [1.165, 1.54) is 0 Å². The molecule has 0 aromatic rings. The highest BCUT2D eigenvalue weighted by Crippen LogP contribution is 2.21. The molecule has 0 unspecified atom stereocenters. The molecule has 0 aliphatic carbocycles. The van der Waals surface area contributed by atoms with Crippen molar-refractivity contribution in [1.82, 2.24) is 9.80 Å². The van der Waals surface area contributed by atoms with Crippen molar-refractivity contribution in [2.24, 2.45) is 0 Å². The van der Waals surface area contributed by atoms with Crippen LogP contribution in [-0.2, 0) is 13.3 Å². The summed E-state index contributed by atoms with van der Waals surface area (Å²) in [5.41, 5.74) is 0. The molecular formula is C11H24N2O3Si. The van der Waals surface area contributed by atoms with Crippen LogP contribution in [0.15, 0.2) is 12.4 Å². The van der Waals surface area contributed by atoms with Gasteiger partial charge in [-0.3, -0.25) is 0 Å². The Labute approximate surface area is 105 Å². The molecule has 0 radical (unpaired) electrons. The molecule has 0 amide bonds. The Morgan fingerprint density at radius 1 is 1.00 bits per heavy atom. The third-order valence-corrected chi connectivity index (χ3v) is 6.19. The van der Waals surface area contributed by atoms with Crippen molar-refractivity contribution in [3.05, 3.63) is 12.4 Å². The van der Waals surface area contributed by atoms with Crippen molar-refractivity contribution in [3.8, 4) is 0 Å². The standard InChI is InChI=1S/C11H24N2O3Si/c1-12-8-9-13(2)11(12)7-6-10-17(14-3,15-4)16-5/h8-9,11H,6-7,10H2,1-5H3. The molecule has 0 saturated carbocycles. The van der Waals surface area contributed by atoms with Gasteiger partial charge in [-0.1, -0.05) is 0 Å². The lowest BCUT2D eigenvalue weighted by molar-refractivity contribution is 0.120. The van der Waals surface area contributed by atoms with Gasteiger partial charge in [-0.25, -0.2) is 0 Å². The van der Waals surface area contributed by atoms with E-state index >= 15 is 0 Å². The van der Waals surface area contributed by atoms with Gasteiger partial charge in [0, 0.05) is 53.9 Å². The molecule has 17 heavy (non-hydrogen) atoms. The first kappa shape index (κ1) is 14.5. The Hall–Kier alpha value is -0.563. The highest BCUT2D eigenvalue weighted by molar-refractivity contribution is 6.60. The van der Waals surface area contributed by atoms with E-state index in [-0.39, 0.29) is 0 Å². The first-order valence-corrected chi connectivity index (χ1v) is 7.79. The molecular weight excluding hydrogens is 236 g/mol. The van der Waals surface area contributed by atoms with Crippen molar-refractivity contribution in [3.63, 3.8) is 0 Å². The lowest BCUT2D eigenvalue weighted by Gasteiger charge is -2.29. The van der Waals surface area contributed by atoms with Crippen molar-refractivity contribution >= 4 is 8.80 Å². The lowest BCUT2D eigenvalue weighted by atomic mass is 10.2. The van der Waals surface area contributed by atoms with Gasteiger partial charge in [-0.15, -0.1) is 0 Å². The number of hydrogen-bond donors (Lipinski definition) is 0. The minimum atomic E-state index is -2.39. The van der Waals surface area contributed by atoms with E-state index in [0.717, 1.165) is 18.9 Å². The second-order valence-corrected chi connectivity index (χ2v) is 7.39. The number of rotatable bonds is 7. The summed E-state index contributed by atoms with van der Waals surface area (Å²) >= 11 is 0. The quantitative estimate of drug-likeness (QED) is 0.645. The summed E-state index contributed by atoms with van der Waals surface area (Å²) < 4.78 is 16.2. The van der Waals surface area contributed by atoms with Gasteiger partial charge in [0.15, 0.2) is 0 Å². The molecule has 0 saturated heterocycles. The Bertz CT molecular complexity index is 239. The maximum atomic E-state index is 5.41. The van der Waals surface area contributed by atoms with Crippen LogP contribution in [0.3, 0.4) is 0 Å². The van der Waals surface area contributed by atoms with Crippen LogP contribution in [0.4, 0.5) is 0 Å². The molecule has 1 rings (SSSR count). The first-order valence-electron chi connectivity index (χ1n) is 5.86. The Morgan fingerprint density at radius 3 is 1.88 bits per heavy atom. The molecule has 0 atom stereocenters. The van der Waals surface area contributed by atoms with Crippen LogP contribution < -0.4 is 0 Å². The normalized spacial score (nSPS) is 17.2. The fourth-order valence-electron chi connectivity index (χ4n) is 2.16. The highest BCUT2D eigenvalue weighted by atomic mass is 28.4. The van der Waals surface area contributed by atoms with Crippen LogP contribution in [0.2, 0.25) is 6.04 Å². The van der Waals surface area contributed by atoms with E-state index in [1.54, 1.807) is 21.3 Å². The van der Waals surface area contributed by atoms with E-state index in [0.29, 0.717) is 6.17 Å². The summed E-state index contributed by atoms with van der Waals surface area (Å²) in [7, 11) is 6.78. The SMILES string of the molecule is CO[Si](CCCC1N(C)C=CN1C)(OC)OC. The molecule has 0 N–H and O–H groups in total. The van der Waals surface area contributed by atoms with Crippen molar-refractivity contribution in [2.75, 3.05) is 35.4 Å². The first-order chi connectivity index (χ1) is 8.08. The van der Waals surface area contributed by atoms with Crippen LogP contribution in [0.25, 0.3) is 0 Å². The molecule has 0 aromatic carbocycles. The summed E-state index contributed by atoms with van der Waals surface area (Å²) in [5, 5.41) is 0. The predicted octanol–water partition coefficient (Wildman–Crippen LogP) is 1.32.